The molecule has 1 atom stereocenters. The van der Waals surface area contributed by atoms with E-state index in [4.69, 9.17) is 5.73 Å². The third kappa shape index (κ3) is 2.24. The van der Waals surface area contributed by atoms with Crippen molar-refractivity contribution in [1.29, 1.82) is 0 Å². The Morgan fingerprint density at radius 1 is 1.53 bits per heavy atom. The van der Waals surface area contributed by atoms with Gasteiger partial charge in [-0.05, 0) is 26.7 Å². The van der Waals surface area contributed by atoms with E-state index in [0.717, 1.165) is 17.8 Å². The number of aryl methyl sites for hydroxylation is 2. The molecule has 0 saturated carbocycles. The van der Waals surface area contributed by atoms with Crippen molar-refractivity contribution in [2.24, 2.45) is 5.73 Å². The summed E-state index contributed by atoms with van der Waals surface area (Å²) in [5.41, 5.74) is 6.22. The van der Waals surface area contributed by atoms with Crippen LogP contribution in [0.5, 0.6) is 0 Å². The highest BCUT2D eigenvalue weighted by Gasteiger charge is 2.36. The second-order valence-electron chi connectivity index (χ2n) is 4.25. The highest BCUT2D eigenvalue weighted by Crippen LogP contribution is 2.30. The van der Waals surface area contributed by atoms with Crippen LogP contribution in [0.25, 0.3) is 0 Å². The van der Waals surface area contributed by atoms with Crippen LogP contribution in [0.15, 0.2) is 4.21 Å². The quantitative estimate of drug-likeness (QED) is 0.888. The number of hydrogen-bond donors (Lipinski definition) is 1. The van der Waals surface area contributed by atoms with E-state index in [1.165, 1.54) is 15.6 Å². The molecular weight excluding hydrogens is 258 g/mol. The van der Waals surface area contributed by atoms with E-state index in [0.29, 0.717) is 23.0 Å². The Labute approximate surface area is 106 Å². The molecule has 0 bridgehead atoms. The monoisotopic (exact) mass is 275 g/mol. The normalized spacial score (nSPS) is 22.2. The first kappa shape index (κ1) is 12.9. The number of nitrogens with zero attached hydrogens (tertiary/aromatic N) is 2. The maximum Gasteiger partial charge on any atom is 0.254 e. The summed E-state index contributed by atoms with van der Waals surface area (Å²) in [5.74, 6) is 0. The van der Waals surface area contributed by atoms with Crippen LogP contribution >= 0.6 is 11.3 Å². The van der Waals surface area contributed by atoms with Crippen molar-refractivity contribution < 1.29 is 8.42 Å². The molecule has 0 aromatic carbocycles. The molecule has 0 aliphatic carbocycles. The van der Waals surface area contributed by atoms with Gasteiger partial charge in [-0.2, -0.15) is 4.31 Å². The number of nitrogens with two attached hydrogens (primary N) is 1. The zero-order valence-electron chi connectivity index (χ0n) is 10.0. The summed E-state index contributed by atoms with van der Waals surface area (Å²) in [4.78, 5) is 4.18. The van der Waals surface area contributed by atoms with Gasteiger partial charge in [-0.3, -0.25) is 0 Å². The van der Waals surface area contributed by atoms with Gasteiger partial charge in [0.15, 0.2) is 4.21 Å². The minimum Gasteiger partial charge on any atom is -0.329 e. The molecule has 0 radical (unpaired) electrons. The lowest BCUT2D eigenvalue weighted by Crippen LogP contribution is -2.39. The van der Waals surface area contributed by atoms with Gasteiger partial charge in [0.25, 0.3) is 10.0 Å². The van der Waals surface area contributed by atoms with Gasteiger partial charge in [0, 0.05) is 19.1 Å². The van der Waals surface area contributed by atoms with Crippen LogP contribution in [0.2, 0.25) is 0 Å². The predicted molar refractivity (Wildman–Crippen MR) is 67.6 cm³/mol. The lowest BCUT2D eigenvalue weighted by Gasteiger charge is -2.22. The molecule has 1 aliphatic rings. The Balaban J connectivity index is 2.39. The molecule has 1 aromatic heterocycles. The standard InChI is InChI=1S/C10H17N3O2S2/c1-7-10(16-8(2)12-7)17(14,15)13-5-3-4-9(13)6-11/h9H,3-6,11H2,1-2H3/t9-/m1/s1. The van der Waals surface area contributed by atoms with Crippen LogP contribution in [-0.4, -0.2) is 36.8 Å². The van der Waals surface area contributed by atoms with Crippen molar-refractivity contribution in [3.63, 3.8) is 0 Å². The molecule has 17 heavy (non-hydrogen) atoms. The highest BCUT2D eigenvalue weighted by molar-refractivity contribution is 7.91. The Morgan fingerprint density at radius 2 is 2.24 bits per heavy atom. The first-order valence-electron chi connectivity index (χ1n) is 5.62. The van der Waals surface area contributed by atoms with Crippen molar-refractivity contribution in [1.82, 2.24) is 9.29 Å². The van der Waals surface area contributed by atoms with Crippen LogP contribution in [-0.2, 0) is 10.0 Å². The summed E-state index contributed by atoms with van der Waals surface area (Å²) in [7, 11) is -3.40. The fourth-order valence-electron chi connectivity index (χ4n) is 2.22. The molecule has 7 heteroatoms. The van der Waals surface area contributed by atoms with Crippen molar-refractivity contribution in [2.75, 3.05) is 13.1 Å². The summed E-state index contributed by atoms with van der Waals surface area (Å²) in [6.45, 7) is 4.52. The van der Waals surface area contributed by atoms with Crippen LogP contribution in [0.1, 0.15) is 23.5 Å². The Bertz CT molecular complexity index is 510. The maximum absolute atomic E-state index is 12.5. The van der Waals surface area contributed by atoms with Gasteiger partial charge in [-0.1, -0.05) is 0 Å². The topological polar surface area (TPSA) is 76.3 Å². The molecule has 1 aliphatic heterocycles. The Morgan fingerprint density at radius 3 is 2.76 bits per heavy atom. The van der Waals surface area contributed by atoms with Gasteiger partial charge >= 0.3 is 0 Å². The highest BCUT2D eigenvalue weighted by atomic mass is 32.2. The minimum absolute atomic E-state index is 0.0539. The van der Waals surface area contributed by atoms with E-state index in [9.17, 15) is 8.42 Å². The van der Waals surface area contributed by atoms with Gasteiger partial charge in [0.2, 0.25) is 0 Å². The summed E-state index contributed by atoms with van der Waals surface area (Å²) < 4.78 is 26.9. The lowest BCUT2D eigenvalue weighted by molar-refractivity contribution is 0.394. The summed E-state index contributed by atoms with van der Waals surface area (Å²) in [6, 6.07) is -0.0539. The first-order chi connectivity index (χ1) is 7.96. The van der Waals surface area contributed by atoms with Crippen LogP contribution in [0.3, 0.4) is 0 Å². The molecule has 2 heterocycles. The van der Waals surface area contributed by atoms with Gasteiger partial charge < -0.3 is 5.73 Å². The Kier molecular flexibility index (Phi) is 3.53. The van der Waals surface area contributed by atoms with Crippen molar-refractivity contribution in [3.05, 3.63) is 10.7 Å². The molecule has 0 spiro atoms. The number of aromatic nitrogens is 1. The third-order valence-corrected chi connectivity index (χ3v) is 6.61. The van der Waals surface area contributed by atoms with Gasteiger partial charge in [0.05, 0.1) is 10.7 Å². The average molecular weight is 275 g/mol. The molecule has 2 N–H and O–H groups in total. The van der Waals surface area contributed by atoms with Crippen LogP contribution in [0.4, 0.5) is 0 Å². The van der Waals surface area contributed by atoms with Crippen molar-refractivity contribution in [2.45, 2.75) is 36.9 Å². The van der Waals surface area contributed by atoms with Crippen molar-refractivity contribution >= 4 is 21.4 Å². The number of sulfonamides is 1. The van der Waals surface area contributed by atoms with E-state index < -0.39 is 10.0 Å². The summed E-state index contributed by atoms with van der Waals surface area (Å²) in [6.07, 6.45) is 1.74. The summed E-state index contributed by atoms with van der Waals surface area (Å²) >= 11 is 1.24. The van der Waals surface area contributed by atoms with Gasteiger partial charge in [0.1, 0.15) is 0 Å². The number of hydrogen-bond acceptors (Lipinski definition) is 5. The van der Waals surface area contributed by atoms with Crippen LogP contribution < -0.4 is 5.73 Å². The Hall–Kier alpha value is -0.500. The minimum atomic E-state index is -3.40. The smallest absolute Gasteiger partial charge is 0.254 e. The molecule has 1 aromatic rings. The first-order valence-corrected chi connectivity index (χ1v) is 7.88. The second kappa shape index (κ2) is 4.64. The van der Waals surface area contributed by atoms with E-state index in [1.807, 2.05) is 6.92 Å². The second-order valence-corrected chi connectivity index (χ2v) is 7.54. The fourth-order valence-corrected chi connectivity index (χ4v) is 5.52. The molecule has 5 nitrogen and oxygen atoms in total. The number of rotatable bonds is 3. The van der Waals surface area contributed by atoms with Crippen molar-refractivity contribution in [3.8, 4) is 0 Å². The largest absolute Gasteiger partial charge is 0.329 e. The molecule has 2 rings (SSSR count). The van der Waals surface area contributed by atoms with Gasteiger partial charge in [-0.15, -0.1) is 11.3 Å². The SMILES string of the molecule is Cc1nc(C)c(S(=O)(=O)N2CCC[C@@H]2CN)s1. The zero-order valence-corrected chi connectivity index (χ0v) is 11.6. The fraction of sp³-hybridized carbons (Fsp3) is 0.700. The molecule has 0 amide bonds. The third-order valence-electron chi connectivity index (χ3n) is 3.00. The van der Waals surface area contributed by atoms with E-state index in [-0.39, 0.29) is 6.04 Å². The van der Waals surface area contributed by atoms with E-state index in [1.54, 1.807) is 6.92 Å². The molecule has 1 saturated heterocycles. The molecule has 0 unspecified atom stereocenters. The van der Waals surface area contributed by atoms with Gasteiger partial charge in [-0.25, -0.2) is 13.4 Å². The van der Waals surface area contributed by atoms with E-state index >= 15 is 0 Å². The average Bonchev–Trinajstić information content (AvgIpc) is 2.84. The summed E-state index contributed by atoms with van der Waals surface area (Å²) in [5, 5.41) is 0.782. The zero-order chi connectivity index (χ0) is 12.6. The molecule has 96 valence electrons. The molecule has 1 fully saturated rings. The van der Waals surface area contributed by atoms with E-state index in [2.05, 4.69) is 4.98 Å². The predicted octanol–water partition coefficient (Wildman–Crippen LogP) is 0.872. The number of thiazole rings is 1. The van der Waals surface area contributed by atoms with Crippen LogP contribution in [0, 0.1) is 13.8 Å². The molecular formula is C10H17N3O2S2. The maximum atomic E-state index is 12.5. The lowest BCUT2D eigenvalue weighted by atomic mass is 10.2.